The van der Waals surface area contributed by atoms with Crippen molar-refractivity contribution in [3.63, 3.8) is 0 Å². The highest BCUT2D eigenvalue weighted by Gasteiger charge is 2.10. The zero-order valence-electron chi connectivity index (χ0n) is 16.9. The second-order valence-corrected chi connectivity index (χ2v) is 7.36. The van der Waals surface area contributed by atoms with Crippen molar-refractivity contribution < 1.29 is 9.59 Å². The Morgan fingerprint density at radius 3 is 2.23 bits per heavy atom. The number of hydrogen-bond donors (Lipinski definition) is 3. The number of carbonyl (C=O) groups is 2. The topological polar surface area (TPSA) is 70.2 Å². The quantitative estimate of drug-likeness (QED) is 0.530. The van der Waals surface area contributed by atoms with Crippen LogP contribution in [0.15, 0.2) is 72.8 Å². The molecule has 3 rings (SSSR count). The zero-order chi connectivity index (χ0) is 21.5. The first-order valence-corrected chi connectivity index (χ1v) is 9.95. The van der Waals surface area contributed by atoms with Gasteiger partial charge in [0.25, 0.3) is 5.91 Å². The van der Waals surface area contributed by atoms with Crippen molar-refractivity contribution in [3.8, 4) is 0 Å². The Kier molecular flexibility index (Phi) is 6.93. The Hall–Kier alpha value is -3.51. The van der Waals surface area contributed by atoms with Gasteiger partial charge in [0.2, 0.25) is 5.91 Å². The van der Waals surface area contributed by atoms with E-state index in [4.69, 9.17) is 12.2 Å². The molecular formula is C24H23N3O2S. The summed E-state index contributed by atoms with van der Waals surface area (Å²) in [5.74, 6) is -0.344. The number of aryl methyl sites for hydroxylation is 2. The molecule has 0 unspecified atom stereocenters. The van der Waals surface area contributed by atoms with E-state index in [0.717, 1.165) is 22.4 Å². The number of thiocarbonyl (C=S) groups is 1. The van der Waals surface area contributed by atoms with E-state index in [2.05, 4.69) is 16.0 Å². The Bertz CT molecular complexity index is 1080. The van der Waals surface area contributed by atoms with Gasteiger partial charge in [-0.25, -0.2) is 0 Å². The van der Waals surface area contributed by atoms with E-state index in [9.17, 15) is 9.59 Å². The maximum absolute atomic E-state index is 12.3. The molecule has 3 aromatic carbocycles. The van der Waals surface area contributed by atoms with E-state index < -0.39 is 0 Å². The summed E-state index contributed by atoms with van der Waals surface area (Å²) in [6.45, 7) is 3.87. The largest absolute Gasteiger partial charge is 0.332 e. The van der Waals surface area contributed by atoms with E-state index >= 15 is 0 Å². The van der Waals surface area contributed by atoms with E-state index in [1.807, 2.05) is 62.4 Å². The molecule has 0 heterocycles. The average molecular weight is 418 g/mol. The van der Waals surface area contributed by atoms with Crippen LogP contribution in [-0.4, -0.2) is 16.9 Å². The third kappa shape index (κ3) is 5.75. The number of nitrogens with one attached hydrogen (secondary N) is 3. The number of amides is 2. The summed E-state index contributed by atoms with van der Waals surface area (Å²) in [4.78, 5) is 24.6. The third-order valence-electron chi connectivity index (χ3n) is 4.63. The monoisotopic (exact) mass is 417 g/mol. The lowest BCUT2D eigenvalue weighted by atomic mass is 10.1. The summed E-state index contributed by atoms with van der Waals surface area (Å²) in [7, 11) is 0. The van der Waals surface area contributed by atoms with E-state index in [1.165, 1.54) is 0 Å². The molecule has 0 saturated carbocycles. The maximum Gasteiger partial charge on any atom is 0.255 e. The summed E-state index contributed by atoms with van der Waals surface area (Å²) in [5.41, 5.74) is 4.94. The summed E-state index contributed by atoms with van der Waals surface area (Å²) in [6.07, 6.45) is 0.262. The fraction of sp³-hybridized carbons (Fsp3) is 0.125. The molecule has 6 heteroatoms. The van der Waals surface area contributed by atoms with Gasteiger partial charge in [-0.2, -0.15) is 0 Å². The van der Waals surface area contributed by atoms with Crippen molar-refractivity contribution in [3.05, 3.63) is 95.1 Å². The first-order chi connectivity index (χ1) is 14.4. The van der Waals surface area contributed by atoms with Crippen LogP contribution in [-0.2, 0) is 11.2 Å². The van der Waals surface area contributed by atoms with Crippen molar-refractivity contribution in [2.45, 2.75) is 20.3 Å². The molecule has 0 atom stereocenters. The molecule has 3 N–H and O–H groups in total. The van der Waals surface area contributed by atoms with Gasteiger partial charge in [0.1, 0.15) is 0 Å². The first kappa shape index (κ1) is 21.2. The maximum atomic E-state index is 12.3. The van der Waals surface area contributed by atoms with Crippen molar-refractivity contribution >= 4 is 40.5 Å². The van der Waals surface area contributed by atoms with Crippen LogP contribution in [0.3, 0.4) is 0 Å². The standard InChI is InChI=1S/C24H23N3O2S/c1-16-8-6-7-11-19(16)15-22(28)27-24(30)25-20-12-13-21(17(2)14-20)26-23(29)18-9-4-3-5-10-18/h3-14H,15H2,1-2H3,(H,26,29)(H2,25,27,28,30). The highest BCUT2D eigenvalue weighted by Crippen LogP contribution is 2.20. The highest BCUT2D eigenvalue weighted by atomic mass is 32.1. The molecule has 152 valence electrons. The minimum absolute atomic E-state index is 0.168. The molecule has 5 nitrogen and oxygen atoms in total. The Balaban J connectivity index is 1.57. The molecule has 30 heavy (non-hydrogen) atoms. The van der Waals surface area contributed by atoms with Gasteiger partial charge in [0.05, 0.1) is 6.42 Å². The predicted octanol–water partition coefficient (Wildman–Crippen LogP) is 4.61. The molecule has 0 aliphatic carbocycles. The number of benzene rings is 3. The van der Waals surface area contributed by atoms with Gasteiger partial charge >= 0.3 is 0 Å². The van der Waals surface area contributed by atoms with Crippen LogP contribution >= 0.6 is 12.2 Å². The van der Waals surface area contributed by atoms with Crippen LogP contribution < -0.4 is 16.0 Å². The Labute approximate surface area is 181 Å². The number of hydrogen-bond acceptors (Lipinski definition) is 3. The second kappa shape index (κ2) is 9.80. The molecule has 2 amide bonds. The number of anilines is 2. The van der Waals surface area contributed by atoms with Gasteiger partial charge in [-0.15, -0.1) is 0 Å². The highest BCUT2D eigenvalue weighted by molar-refractivity contribution is 7.80. The molecule has 0 aliphatic heterocycles. The molecule has 3 aromatic rings. The van der Waals surface area contributed by atoms with Gasteiger partial charge < -0.3 is 16.0 Å². The van der Waals surface area contributed by atoms with Crippen LogP contribution in [0.5, 0.6) is 0 Å². The lowest BCUT2D eigenvalue weighted by molar-refractivity contribution is -0.119. The fourth-order valence-electron chi connectivity index (χ4n) is 2.98. The molecule has 0 aliphatic rings. The number of carbonyl (C=O) groups excluding carboxylic acids is 2. The lowest BCUT2D eigenvalue weighted by Gasteiger charge is -2.13. The minimum atomic E-state index is -0.176. The van der Waals surface area contributed by atoms with E-state index in [-0.39, 0.29) is 23.3 Å². The van der Waals surface area contributed by atoms with Crippen LogP contribution in [0.1, 0.15) is 27.0 Å². The summed E-state index contributed by atoms with van der Waals surface area (Å²) in [5, 5.41) is 8.85. The Morgan fingerprint density at radius 2 is 1.53 bits per heavy atom. The number of rotatable bonds is 5. The van der Waals surface area contributed by atoms with Gasteiger partial charge in [-0.1, -0.05) is 42.5 Å². The predicted molar refractivity (Wildman–Crippen MR) is 125 cm³/mol. The van der Waals surface area contributed by atoms with Crippen molar-refractivity contribution in [2.75, 3.05) is 10.6 Å². The molecule has 0 fully saturated rings. The average Bonchev–Trinajstić information content (AvgIpc) is 2.72. The molecular weight excluding hydrogens is 394 g/mol. The summed E-state index contributed by atoms with van der Waals surface area (Å²) >= 11 is 5.26. The SMILES string of the molecule is Cc1ccccc1CC(=O)NC(=S)Nc1ccc(NC(=O)c2ccccc2)c(C)c1. The molecule has 0 bridgehead atoms. The van der Waals surface area contributed by atoms with Gasteiger partial charge in [0.15, 0.2) is 5.11 Å². The second-order valence-electron chi connectivity index (χ2n) is 6.96. The van der Waals surface area contributed by atoms with Crippen LogP contribution in [0.4, 0.5) is 11.4 Å². The van der Waals surface area contributed by atoms with E-state index in [0.29, 0.717) is 11.3 Å². The van der Waals surface area contributed by atoms with Crippen LogP contribution in [0.2, 0.25) is 0 Å². The van der Waals surface area contributed by atoms with Crippen LogP contribution in [0, 0.1) is 13.8 Å². The lowest BCUT2D eigenvalue weighted by Crippen LogP contribution is -2.35. The summed E-state index contributed by atoms with van der Waals surface area (Å²) < 4.78 is 0. The van der Waals surface area contributed by atoms with Crippen molar-refractivity contribution in [1.29, 1.82) is 0 Å². The smallest absolute Gasteiger partial charge is 0.255 e. The van der Waals surface area contributed by atoms with Crippen LogP contribution in [0.25, 0.3) is 0 Å². The molecule has 0 saturated heterocycles. The minimum Gasteiger partial charge on any atom is -0.332 e. The summed E-state index contributed by atoms with van der Waals surface area (Å²) in [6, 6.07) is 22.3. The Morgan fingerprint density at radius 1 is 0.833 bits per heavy atom. The normalized spacial score (nSPS) is 10.2. The van der Waals surface area contributed by atoms with Crippen molar-refractivity contribution in [1.82, 2.24) is 5.32 Å². The van der Waals surface area contributed by atoms with Gasteiger partial charge in [-0.05, 0) is 73.1 Å². The first-order valence-electron chi connectivity index (χ1n) is 9.55. The zero-order valence-corrected chi connectivity index (χ0v) is 17.7. The molecule has 0 spiro atoms. The third-order valence-corrected chi connectivity index (χ3v) is 4.84. The van der Waals surface area contributed by atoms with Gasteiger partial charge in [-0.3, -0.25) is 9.59 Å². The fourth-order valence-corrected chi connectivity index (χ4v) is 3.21. The van der Waals surface area contributed by atoms with Gasteiger partial charge in [0, 0.05) is 16.9 Å². The van der Waals surface area contributed by atoms with E-state index in [1.54, 1.807) is 24.3 Å². The molecule has 0 aromatic heterocycles. The molecule has 0 radical (unpaired) electrons. The van der Waals surface area contributed by atoms with Crippen molar-refractivity contribution in [2.24, 2.45) is 0 Å².